The van der Waals surface area contributed by atoms with E-state index in [1.54, 1.807) is 24.5 Å². The molecule has 14 nitrogen and oxygen atoms in total. The summed E-state index contributed by atoms with van der Waals surface area (Å²) in [5.74, 6) is -2.22. The Morgan fingerprint density at radius 2 is 1.89 bits per heavy atom. The van der Waals surface area contributed by atoms with Crippen molar-refractivity contribution in [2.24, 2.45) is 4.99 Å². The third kappa shape index (κ3) is 5.97. The molecule has 0 spiro atoms. The van der Waals surface area contributed by atoms with E-state index in [-0.39, 0.29) is 27.9 Å². The topological polar surface area (TPSA) is 199 Å². The number of hydrogen-bond donors (Lipinski definition) is 5. The number of carboxylic acid groups (broad SMARTS) is 1. The van der Waals surface area contributed by atoms with Crippen LogP contribution in [0.25, 0.3) is 22.1 Å². The Labute approximate surface area is 248 Å². The number of phenols is 1. The number of aliphatic hydroxyl groups is 2. The zero-order valence-corrected chi connectivity index (χ0v) is 22.9. The first kappa shape index (κ1) is 29.2. The van der Waals surface area contributed by atoms with E-state index >= 15 is 0 Å². The van der Waals surface area contributed by atoms with Crippen LogP contribution in [0.1, 0.15) is 6.42 Å². The van der Waals surface area contributed by atoms with Crippen LogP contribution in [0.2, 0.25) is 0 Å². The number of ether oxygens (including phenoxy) is 3. The number of aliphatic imine (C=N–C) groups is 1. The van der Waals surface area contributed by atoms with Crippen LogP contribution in [0.3, 0.4) is 0 Å². The van der Waals surface area contributed by atoms with Crippen molar-refractivity contribution in [1.82, 2.24) is 0 Å². The third-order valence-electron chi connectivity index (χ3n) is 7.29. The molecule has 3 aliphatic heterocycles. The molecule has 3 aromatic rings. The maximum atomic E-state index is 13.2. The summed E-state index contributed by atoms with van der Waals surface area (Å²) >= 11 is 0. The molecular weight excluding hydrogens is 580 g/mol. The molecule has 0 saturated carbocycles. The van der Waals surface area contributed by atoms with Crippen molar-refractivity contribution in [3.05, 3.63) is 82.5 Å². The van der Waals surface area contributed by atoms with Gasteiger partial charge in [-0.05, 0) is 35.9 Å². The SMILES string of the molecule is O=C(O)CC(=O)OCC1OC(Oc2ccc3c(=O)c(-c4ccc(O)cc4)coc3c2)C(O[NH+]2C=C3N=CC=C3C2)C(O)C1O. The standard InChI is InChI=1S/C30H26N2O12/c33-17-3-1-15(2-4-17)20-13-40-22-9-18(5-6-19(22)26(20)37)42-30-29(44-32-11-16-7-8-31-21(16)12-32)28(39)27(38)23(43-30)14-41-25(36)10-24(34)35/h1-9,12-13,23,27-30,33,38-39H,10-11,14H2,(H,34,35)/p+1. The summed E-state index contributed by atoms with van der Waals surface area (Å²) in [6, 6.07) is 10.5. The first-order valence-electron chi connectivity index (χ1n) is 13.5. The second-order valence-corrected chi connectivity index (χ2v) is 10.3. The van der Waals surface area contributed by atoms with E-state index in [9.17, 15) is 29.7 Å². The molecule has 228 valence electrons. The minimum atomic E-state index is -1.59. The molecule has 6 unspecified atom stereocenters. The summed E-state index contributed by atoms with van der Waals surface area (Å²) in [5, 5.41) is 40.9. The van der Waals surface area contributed by atoms with E-state index < -0.39 is 55.7 Å². The summed E-state index contributed by atoms with van der Waals surface area (Å²) in [4.78, 5) is 46.1. The molecule has 4 heterocycles. The van der Waals surface area contributed by atoms with Crippen molar-refractivity contribution < 1.29 is 58.5 Å². The number of aliphatic carboxylic acids is 1. The van der Waals surface area contributed by atoms with Gasteiger partial charge in [0.05, 0.1) is 10.9 Å². The number of phenolic OH excluding ortho intramolecular Hbond substituents is 1. The molecule has 2 aromatic carbocycles. The highest BCUT2D eigenvalue weighted by Gasteiger charge is 2.50. The molecule has 0 aliphatic carbocycles. The molecule has 0 amide bonds. The fourth-order valence-corrected chi connectivity index (χ4v) is 5.07. The Morgan fingerprint density at radius 3 is 2.64 bits per heavy atom. The monoisotopic (exact) mass is 607 g/mol. The molecule has 14 heteroatoms. The average Bonchev–Trinajstić information content (AvgIpc) is 3.59. The maximum Gasteiger partial charge on any atom is 0.317 e. The number of nitrogens with one attached hydrogen (secondary N) is 1. The van der Waals surface area contributed by atoms with Crippen molar-refractivity contribution in [2.45, 2.75) is 37.1 Å². The fourth-order valence-electron chi connectivity index (χ4n) is 5.07. The molecule has 44 heavy (non-hydrogen) atoms. The highest BCUT2D eigenvalue weighted by atomic mass is 16.8. The summed E-state index contributed by atoms with van der Waals surface area (Å²) in [5.41, 5.74) is 2.36. The summed E-state index contributed by atoms with van der Waals surface area (Å²) < 4.78 is 22.6. The Hall–Kier alpha value is -4.86. The van der Waals surface area contributed by atoms with Gasteiger partial charge in [0.15, 0.2) is 11.6 Å². The zero-order chi connectivity index (χ0) is 31.0. The van der Waals surface area contributed by atoms with Gasteiger partial charge >= 0.3 is 11.9 Å². The summed E-state index contributed by atoms with van der Waals surface area (Å²) in [6.07, 6.45) is -1.48. The molecule has 5 N–H and O–H groups in total. The Morgan fingerprint density at radius 1 is 1.09 bits per heavy atom. The average molecular weight is 608 g/mol. The van der Waals surface area contributed by atoms with Crippen LogP contribution < -0.4 is 15.2 Å². The Bertz CT molecular complexity index is 1740. The quantitative estimate of drug-likeness (QED) is 0.162. The second kappa shape index (κ2) is 12.0. The molecule has 1 saturated heterocycles. The number of esters is 1. The van der Waals surface area contributed by atoms with Crippen molar-refractivity contribution in [3.8, 4) is 22.6 Å². The van der Waals surface area contributed by atoms with Gasteiger partial charge in [0.1, 0.15) is 66.9 Å². The zero-order valence-electron chi connectivity index (χ0n) is 22.9. The van der Waals surface area contributed by atoms with Crippen molar-refractivity contribution in [1.29, 1.82) is 0 Å². The van der Waals surface area contributed by atoms with E-state index in [1.807, 2.05) is 6.08 Å². The van der Waals surface area contributed by atoms with Crippen molar-refractivity contribution >= 4 is 29.1 Å². The lowest BCUT2D eigenvalue weighted by molar-refractivity contribution is -1.05. The van der Waals surface area contributed by atoms with Crippen LogP contribution in [0.4, 0.5) is 0 Å². The van der Waals surface area contributed by atoms with Crippen LogP contribution in [0.15, 0.2) is 86.5 Å². The first-order chi connectivity index (χ1) is 21.2. The Kier molecular flexibility index (Phi) is 7.99. The highest BCUT2D eigenvalue weighted by molar-refractivity contribution is 5.90. The largest absolute Gasteiger partial charge is 0.508 e. The van der Waals surface area contributed by atoms with Gasteiger partial charge in [-0.25, -0.2) is 0 Å². The van der Waals surface area contributed by atoms with Gasteiger partial charge < -0.3 is 39.1 Å². The molecular formula is C30H27N2O12+. The maximum absolute atomic E-state index is 13.2. The number of carboxylic acids is 1. The van der Waals surface area contributed by atoms with Gasteiger partial charge in [-0.15, -0.1) is 0 Å². The number of hydrogen-bond acceptors (Lipinski definition) is 12. The van der Waals surface area contributed by atoms with Crippen LogP contribution >= 0.6 is 0 Å². The normalized spacial score (nSPS) is 25.8. The minimum Gasteiger partial charge on any atom is -0.508 e. The van der Waals surface area contributed by atoms with Gasteiger partial charge in [-0.1, -0.05) is 12.1 Å². The smallest absolute Gasteiger partial charge is 0.317 e. The minimum absolute atomic E-state index is 0.0580. The molecule has 0 radical (unpaired) electrons. The lowest BCUT2D eigenvalue weighted by atomic mass is 9.99. The molecule has 0 bridgehead atoms. The van der Waals surface area contributed by atoms with Gasteiger partial charge in [-0.3, -0.25) is 19.4 Å². The predicted molar refractivity (Wildman–Crippen MR) is 149 cm³/mol. The van der Waals surface area contributed by atoms with Gasteiger partial charge in [0.25, 0.3) is 0 Å². The second-order valence-electron chi connectivity index (χ2n) is 10.3. The first-order valence-corrected chi connectivity index (χ1v) is 13.5. The number of carbonyl (C=O) groups excluding carboxylic acids is 1. The van der Waals surface area contributed by atoms with Crippen LogP contribution in [0.5, 0.6) is 11.5 Å². The van der Waals surface area contributed by atoms with Crippen molar-refractivity contribution in [2.75, 3.05) is 13.2 Å². The third-order valence-corrected chi connectivity index (χ3v) is 7.29. The highest BCUT2D eigenvalue weighted by Crippen LogP contribution is 2.29. The Balaban J connectivity index is 1.25. The number of carbonyl (C=O) groups is 2. The number of allylic oxidation sites excluding steroid dienone is 1. The van der Waals surface area contributed by atoms with Crippen LogP contribution in [-0.2, 0) is 23.9 Å². The predicted octanol–water partition coefficient (Wildman–Crippen LogP) is 0.0599. The lowest BCUT2D eigenvalue weighted by Gasteiger charge is -2.41. The number of aromatic hydroxyl groups is 1. The van der Waals surface area contributed by atoms with Gasteiger partial charge in [0.2, 0.25) is 12.4 Å². The van der Waals surface area contributed by atoms with Crippen LogP contribution in [-0.4, -0.2) is 82.4 Å². The van der Waals surface area contributed by atoms with E-state index in [2.05, 4.69) is 4.99 Å². The molecule has 3 aliphatic rings. The molecule has 6 rings (SSSR count). The number of hydroxylamine groups is 2. The lowest BCUT2D eigenvalue weighted by Crippen LogP contribution is -3.07. The molecule has 6 atom stereocenters. The fraction of sp³-hybridized carbons (Fsp3) is 0.267. The number of quaternary nitrogens is 1. The summed E-state index contributed by atoms with van der Waals surface area (Å²) in [6.45, 7) is -0.173. The number of benzene rings is 2. The molecule has 1 aromatic heterocycles. The van der Waals surface area contributed by atoms with Gasteiger partial charge in [0, 0.05) is 17.9 Å². The molecule has 1 fully saturated rings. The van der Waals surface area contributed by atoms with E-state index in [4.69, 9.17) is 28.6 Å². The van der Waals surface area contributed by atoms with E-state index in [1.165, 1.54) is 36.6 Å². The number of fused-ring (bicyclic) bond motifs is 2. The van der Waals surface area contributed by atoms with Crippen LogP contribution in [0, 0.1) is 0 Å². The number of aliphatic hydroxyl groups excluding tert-OH is 2. The summed E-state index contributed by atoms with van der Waals surface area (Å²) in [7, 11) is 0. The van der Waals surface area contributed by atoms with Gasteiger partial charge in [-0.2, -0.15) is 9.90 Å². The van der Waals surface area contributed by atoms with E-state index in [0.29, 0.717) is 28.4 Å². The number of nitrogens with zero attached hydrogens (tertiary/aromatic N) is 1. The van der Waals surface area contributed by atoms with Crippen molar-refractivity contribution in [3.63, 3.8) is 0 Å². The van der Waals surface area contributed by atoms with E-state index in [0.717, 1.165) is 5.57 Å². The number of rotatable bonds is 9.